The van der Waals surface area contributed by atoms with Crippen LogP contribution in [0.25, 0.3) is 93.6 Å². The summed E-state index contributed by atoms with van der Waals surface area (Å²) in [6.45, 7) is 22.9. The van der Waals surface area contributed by atoms with E-state index < -0.39 is 0 Å². The molecule has 14 aromatic rings. The SMILES string of the molecule is Cc1cc2c3c(c1)N(c1c(C)cc(-c4cccc5c4oc4ccccc45)cc1C)c1cc4c(cc1B3c1ccc(C(C)(C)C)cc1N2c1c(C)cc(-c2cccc3c2oc2ccccc23)cc1C)c1ccccc1n4-c1c(C)cccc1C. The maximum Gasteiger partial charge on any atom is 0.252 e. The van der Waals surface area contributed by atoms with Crippen LogP contribution in [0.15, 0.2) is 203 Å². The first-order valence-electron chi connectivity index (χ1n) is 29.3. The van der Waals surface area contributed by atoms with Gasteiger partial charge in [-0.1, -0.05) is 148 Å². The van der Waals surface area contributed by atoms with Gasteiger partial charge in [-0.25, -0.2) is 0 Å². The number of aryl methyl sites for hydroxylation is 7. The highest BCUT2D eigenvalue weighted by Gasteiger charge is 2.45. The Kier molecular flexibility index (Phi) is 10.5. The Labute approximate surface area is 484 Å². The van der Waals surface area contributed by atoms with Crippen molar-refractivity contribution in [3.63, 3.8) is 0 Å². The van der Waals surface area contributed by atoms with Crippen molar-refractivity contribution < 1.29 is 8.83 Å². The Hall–Kier alpha value is -9.52. The number of fused-ring (bicyclic) bond motifs is 13. The van der Waals surface area contributed by atoms with Crippen LogP contribution >= 0.6 is 0 Å². The Morgan fingerprint density at radius 3 is 1.39 bits per heavy atom. The van der Waals surface area contributed by atoms with Gasteiger partial charge in [0.05, 0.1) is 28.1 Å². The maximum atomic E-state index is 6.70. The van der Waals surface area contributed by atoms with E-state index in [4.69, 9.17) is 8.83 Å². The summed E-state index contributed by atoms with van der Waals surface area (Å²) in [5, 5.41) is 7.03. The fraction of sp³-hybridized carbons (Fsp3) is 0.143. The molecule has 16 rings (SSSR count). The van der Waals surface area contributed by atoms with Crippen LogP contribution in [0.5, 0.6) is 0 Å². The van der Waals surface area contributed by atoms with Gasteiger partial charge in [-0.05, 0) is 193 Å². The Morgan fingerprint density at radius 1 is 0.361 bits per heavy atom. The molecule has 0 unspecified atom stereocenters. The summed E-state index contributed by atoms with van der Waals surface area (Å²) in [4.78, 5) is 5.28. The van der Waals surface area contributed by atoms with Crippen LogP contribution in [-0.2, 0) is 5.41 Å². The minimum atomic E-state index is -0.0991. The van der Waals surface area contributed by atoms with Crippen molar-refractivity contribution >= 4 is 123 Å². The standard InChI is InChI=1S/C77H62BN3O2/c1-43-34-67-71-68(35-43)81(74-48(6)38-51(39-49(74)7)54-26-19-28-59-57-24-13-16-31-70(57)83-76(54)59)66-42-64-60(55-22-11-14-29-63(55)79(64)72-44(2)20-17-21-45(72)3)41-62(66)78(71)61-33-32-52(77(8,9)10)40-65(61)80(67)73-46(4)36-50(37-47(73)5)53-25-18-27-58-56-23-12-15-30-69(56)82-75(53)58/h11-42H,1-10H3. The van der Waals surface area contributed by atoms with E-state index in [0.717, 1.165) is 66.1 Å². The van der Waals surface area contributed by atoms with Crippen LogP contribution in [0.4, 0.5) is 34.1 Å². The number of hydrogen-bond donors (Lipinski definition) is 0. The van der Waals surface area contributed by atoms with E-state index in [1.807, 2.05) is 0 Å². The van der Waals surface area contributed by atoms with E-state index in [2.05, 4.69) is 278 Å². The molecule has 400 valence electrons. The average Bonchev–Trinajstić information content (AvgIpc) is 1.90. The van der Waals surface area contributed by atoms with E-state index in [0.29, 0.717) is 0 Å². The molecule has 6 heteroatoms. The Bertz CT molecular complexity index is 5070. The molecule has 83 heavy (non-hydrogen) atoms. The molecular weight excluding hydrogens is 1010 g/mol. The first-order valence-corrected chi connectivity index (χ1v) is 29.3. The predicted octanol–water partition coefficient (Wildman–Crippen LogP) is 19.5. The largest absolute Gasteiger partial charge is 0.455 e. The summed E-state index contributed by atoms with van der Waals surface area (Å²) in [5.41, 5.74) is 32.5. The van der Waals surface area contributed by atoms with Crippen molar-refractivity contribution in [3.05, 3.63) is 239 Å². The minimum absolute atomic E-state index is 0.0880. The van der Waals surface area contributed by atoms with E-state index in [9.17, 15) is 0 Å². The normalized spacial score (nSPS) is 13.1. The summed E-state index contributed by atoms with van der Waals surface area (Å²) in [5.74, 6) is 0. The fourth-order valence-electron chi connectivity index (χ4n) is 14.8. The summed E-state index contributed by atoms with van der Waals surface area (Å²) < 4.78 is 15.9. The van der Waals surface area contributed by atoms with E-state index in [1.54, 1.807) is 0 Å². The third-order valence-electron chi connectivity index (χ3n) is 18.4. The van der Waals surface area contributed by atoms with E-state index in [1.165, 1.54) is 123 Å². The molecule has 0 N–H and O–H groups in total. The predicted molar refractivity (Wildman–Crippen MR) is 352 cm³/mol. The topological polar surface area (TPSA) is 37.7 Å². The minimum Gasteiger partial charge on any atom is -0.455 e. The highest BCUT2D eigenvalue weighted by Crippen LogP contribution is 2.51. The lowest BCUT2D eigenvalue weighted by molar-refractivity contribution is 0.590. The van der Waals surface area contributed by atoms with Gasteiger partial charge in [0.15, 0.2) is 0 Å². The van der Waals surface area contributed by atoms with Gasteiger partial charge in [-0.2, -0.15) is 0 Å². The molecule has 0 amide bonds. The molecule has 2 aliphatic rings. The van der Waals surface area contributed by atoms with Gasteiger partial charge < -0.3 is 23.2 Å². The number of rotatable bonds is 5. The quantitative estimate of drug-likeness (QED) is 0.161. The molecule has 0 saturated carbocycles. The Morgan fingerprint density at radius 2 is 0.843 bits per heavy atom. The molecule has 0 atom stereocenters. The van der Waals surface area contributed by atoms with E-state index >= 15 is 0 Å². The summed E-state index contributed by atoms with van der Waals surface area (Å²) in [7, 11) is 0. The molecular formula is C77H62BN3O2. The molecule has 11 aromatic carbocycles. The molecule has 0 bridgehead atoms. The molecule has 2 aliphatic heterocycles. The van der Waals surface area contributed by atoms with Crippen molar-refractivity contribution in [2.75, 3.05) is 9.80 Å². The van der Waals surface area contributed by atoms with Crippen molar-refractivity contribution in [2.45, 2.75) is 74.7 Å². The monoisotopic (exact) mass is 1070 g/mol. The number of nitrogens with zero attached hydrogens (tertiary/aromatic N) is 3. The first-order chi connectivity index (χ1) is 40.2. The Balaban J connectivity index is 0.981. The second-order valence-corrected chi connectivity index (χ2v) is 24.8. The van der Waals surface area contributed by atoms with Gasteiger partial charge in [0.2, 0.25) is 0 Å². The summed E-state index contributed by atoms with van der Waals surface area (Å²) >= 11 is 0. The molecule has 0 aliphatic carbocycles. The van der Waals surface area contributed by atoms with Gasteiger partial charge in [0.25, 0.3) is 6.71 Å². The number of hydrogen-bond acceptors (Lipinski definition) is 4. The van der Waals surface area contributed by atoms with Crippen molar-refractivity contribution in [3.8, 4) is 27.9 Å². The zero-order valence-electron chi connectivity index (χ0n) is 48.7. The van der Waals surface area contributed by atoms with E-state index in [-0.39, 0.29) is 12.1 Å². The van der Waals surface area contributed by atoms with Gasteiger partial charge in [0.1, 0.15) is 22.3 Å². The van der Waals surface area contributed by atoms with Gasteiger partial charge in [-0.15, -0.1) is 0 Å². The lowest BCUT2D eigenvalue weighted by atomic mass is 9.33. The van der Waals surface area contributed by atoms with Gasteiger partial charge in [0, 0.05) is 66.2 Å². The van der Waals surface area contributed by atoms with Crippen LogP contribution in [0.3, 0.4) is 0 Å². The second-order valence-electron chi connectivity index (χ2n) is 24.8. The third kappa shape index (κ3) is 7.15. The number of anilines is 6. The fourth-order valence-corrected chi connectivity index (χ4v) is 14.8. The molecule has 0 saturated heterocycles. The van der Waals surface area contributed by atoms with Crippen LogP contribution < -0.4 is 26.2 Å². The number of aromatic nitrogens is 1. The van der Waals surface area contributed by atoms with Crippen molar-refractivity contribution in [2.24, 2.45) is 0 Å². The van der Waals surface area contributed by atoms with Crippen LogP contribution in [-0.4, -0.2) is 11.3 Å². The zero-order chi connectivity index (χ0) is 56.5. The smallest absolute Gasteiger partial charge is 0.252 e. The lowest BCUT2D eigenvalue weighted by Crippen LogP contribution is -2.61. The molecule has 5 heterocycles. The summed E-state index contributed by atoms with van der Waals surface area (Å²) in [6, 6.07) is 72.6. The third-order valence-corrected chi connectivity index (χ3v) is 18.4. The molecule has 5 nitrogen and oxygen atoms in total. The molecule has 0 fully saturated rings. The van der Waals surface area contributed by atoms with Crippen molar-refractivity contribution in [1.29, 1.82) is 0 Å². The molecule has 0 spiro atoms. The second kappa shape index (κ2) is 17.7. The van der Waals surface area contributed by atoms with Crippen LogP contribution in [0, 0.1) is 48.5 Å². The highest BCUT2D eigenvalue weighted by molar-refractivity contribution is 7.00. The summed E-state index contributed by atoms with van der Waals surface area (Å²) in [6.07, 6.45) is 0. The van der Waals surface area contributed by atoms with Gasteiger partial charge in [-0.3, -0.25) is 0 Å². The highest BCUT2D eigenvalue weighted by atomic mass is 16.3. The van der Waals surface area contributed by atoms with Gasteiger partial charge >= 0.3 is 0 Å². The number of para-hydroxylation sites is 6. The maximum absolute atomic E-state index is 6.70. The van der Waals surface area contributed by atoms with Crippen LogP contribution in [0.2, 0.25) is 0 Å². The zero-order valence-corrected chi connectivity index (χ0v) is 48.7. The van der Waals surface area contributed by atoms with Crippen molar-refractivity contribution in [1.82, 2.24) is 4.57 Å². The molecule has 0 radical (unpaired) electrons. The molecule has 3 aromatic heterocycles. The average molecular weight is 1070 g/mol. The number of benzene rings is 11. The lowest BCUT2D eigenvalue weighted by Gasteiger charge is -2.46. The van der Waals surface area contributed by atoms with Crippen LogP contribution in [0.1, 0.15) is 65.3 Å². The number of furan rings is 2. The first kappa shape index (κ1) is 49.3.